The van der Waals surface area contributed by atoms with Gasteiger partial charge in [0.05, 0.1) is 12.7 Å². The monoisotopic (exact) mass is 460 g/mol. The van der Waals surface area contributed by atoms with Crippen LogP contribution in [0, 0.1) is 11.8 Å². The SMILES string of the molecule is CCCCCCC1CCC(c2ccc(-c3ccc(C4CCC(CCCC)CC4)cc3)cc2)OC1. The van der Waals surface area contributed by atoms with Crippen molar-refractivity contribution < 1.29 is 4.74 Å². The third-order valence-electron chi connectivity index (χ3n) is 8.65. The summed E-state index contributed by atoms with van der Waals surface area (Å²) in [6.45, 7) is 5.55. The van der Waals surface area contributed by atoms with E-state index in [2.05, 4.69) is 62.4 Å². The standard InChI is InChI=1S/C33H48O/c1-3-5-7-8-10-27-13-24-33(34-25-27)32-22-20-31(21-23-32)30-18-16-29(17-19-30)28-14-11-26(12-15-28)9-6-4-2/h16-23,26-28,33H,3-15,24-25H2,1-2H3. The molecule has 0 radical (unpaired) electrons. The van der Waals surface area contributed by atoms with Gasteiger partial charge in [-0.3, -0.25) is 0 Å². The van der Waals surface area contributed by atoms with Gasteiger partial charge in [-0.25, -0.2) is 0 Å². The molecule has 2 fully saturated rings. The highest BCUT2D eigenvalue weighted by Gasteiger charge is 2.23. The van der Waals surface area contributed by atoms with Crippen LogP contribution < -0.4 is 0 Å². The van der Waals surface area contributed by atoms with E-state index >= 15 is 0 Å². The minimum Gasteiger partial charge on any atom is -0.373 e. The maximum atomic E-state index is 6.29. The summed E-state index contributed by atoms with van der Waals surface area (Å²) >= 11 is 0. The lowest BCUT2D eigenvalue weighted by molar-refractivity contribution is -0.0198. The highest BCUT2D eigenvalue weighted by Crippen LogP contribution is 2.38. The second-order valence-electron chi connectivity index (χ2n) is 11.2. The van der Waals surface area contributed by atoms with E-state index in [1.54, 1.807) is 5.56 Å². The third-order valence-corrected chi connectivity index (χ3v) is 8.65. The molecule has 0 amide bonds. The number of rotatable bonds is 11. The molecule has 1 heteroatoms. The van der Waals surface area contributed by atoms with E-state index in [1.165, 1.54) is 107 Å². The predicted octanol–water partition coefficient (Wildman–Crippen LogP) is 10.3. The van der Waals surface area contributed by atoms with Crippen LogP contribution in [0.25, 0.3) is 11.1 Å². The number of hydrogen-bond acceptors (Lipinski definition) is 1. The zero-order valence-electron chi connectivity index (χ0n) is 21.9. The highest BCUT2D eigenvalue weighted by molar-refractivity contribution is 5.64. The molecule has 2 unspecified atom stereocenters. The maximum absolute atomic E-state index is 6.29. The van der Waals surface area contributed by atoms with Crippen LogP contribution >= 0.6 is 0 Å². The van der Waals surface area contributed by atoms with Gasteiger partial charge < -0.3 is 4.74 Å². The fraction of sp³-hybridized carbons (Fsp3) is 0.636. The molecule has 0 bridgehead atoms. The van der Waals surface area contributed by atoms with E-state index in [4.69, 9.17) is 4.74 Å². The summed E-state index contributed by atoms with van der Waals surface area (Å²) in [5.74, 6) is 2.53. The van der Waals surface area contributed by atoms with Gasteiger partial charge in [-0.05, 0) is 85.0 Å². The fourth-order valence-corrected chi connectivity index (χ4v) is 6.27. The van der Waals surface area contributed by atoms with Gasteiger partial charge in [-0.2, -0.15) is 0 Å². The average molecular weight is 461 g/mol. The molecule has 2 aliphatic rings. The van der Waals surface area contributed by atoms with Gasteiger partial charge in [0.25, 0.3) is 0 Å². The largest absolute Gasteiger partial charge is 0.373 e. The quantitative estimate of drug-likeness (QED) is 0.303. The molecule has 1 heterocycles. The Morgan fingerprint density at radius 1 is 0.588 bits per heavy atom. The van der Waals surface area contributed by atoms with Crippen LogP contribution in [0.4, 0.5) is 0 Å². The van der Waals surface area contributed by atoms with Gasteiger partial charge in [-0.15, -0.1) is 0 Å². The Bertz CT molecular complexity index is 805. The van der Waals surface area contributed by atoms with Crippen molar-refractivity contribution in [3.63, 3.8) is 0 Å². The van der Waals surface area contributed by atoms with E-state index < -0.39 is 0 Å². The van der Waals surface area contributed by atoms with Gasteiger partial charge in [0.15, 0.2) is 0 Å². The van der Waals surface area contributed by atoms with E-state index in [0.29, 0.717) is 0 Å². The molecule has 34 heavy (non-hydrogen) atoms. The van der Waals surface area contributed by atoms with Crippen molar-refractivity contribution >= 4 is 0 Å². The lowest BCUT2D eigenvalue weighted by Crippen LogP contribution is -2.20. The molecule has 1 aliphatic carbocycles. The topological polar surface area (TPSA) is 9.23 Å². The first kappa shape index (κ1) is 25.5. The summed E-state index contributed by atoms with van der Waals surface area (Å²) in [5.41, 5.74) is 5.56. The Labute approximate surface area is 209 Å². The second-order valence-corrected chi connectivity index (χ2v) is 11.2. The van der Waals surface area contributed by atoms with E-state index in [1.807, 2.05) is 0 Å². The Morgan fingerprint density at radius 2 is 1.18 bits per heavy atom. The number of hydrogen-bond donors (Lipinski definition) is 0. The summed E-state index contributed by atoms with van der Waals surface area (Å²) in [6.07, 6.45) is 19.4. The summed E-state index contributed by atoms with van der Waals surface area (Å²) in [5, 5.41) is 0. The Hall–Kier alpha value is -1.60. The van der Waals surface area contributed by atoms with Gasteiger partial charge in [-0.1, -0.05) is 107 Å². The Kier molecular flexibility index (Phi) is 10.1. The molecule has 186 valence electrons. The first-order valence-corrected chi connectivity index (χ1v) is 14.6. The minimum absolute atomic E-state index is 0.288. The smallest absolute Gasteiger partial charge is 0.0825 e. The minimum atomic E-state index is 0.288. The van der Waals surface area contributed by atoms with E-state index in [-0.39, 0.29) is 6.10 Å². The fourth-order valence-electron chi connectivity index (χ4n) is 6.27. The van der Waals surface area contributed by atoms with Crippen LogP contribution in [0.3, 0.4) is 0 Å². The van der Waals surface area contributed by atoms with Gasteiger partial charge in [0, 0.05) is 0 Å². The molecule has 2 atom stereocenters. The predicted molar refractivity (Wildman–Crippen MR) is 146 cm³/mol. The number of benzene rings is 2. The summed E-state index contributed by atoms with van der Waals surface area (Å²) in [4.78, 5) is 0. The first-order valence-electron chi connectivity index (χ1n) is 14.6. The summed E-state index contributed by atoms with van der Waals surface area (Å²) < 4.78 is 6.29. The van der Waals surface area contributed by atoms with E-state index in [9.17, 15) is 0 Å². The lowest BCUT2D eigenvalue weighted by Gasteiger charge is -2.29. The molecule has 2 aromatic rings. The van der Waals surface area contributed by atoms with E-state index in [0.717, 1.165) is 24.4 Å². The zero-order valence-corrected chi connectivity index (χ0v) is 21.9. The van der Waals surface area contributed by atoms with Crippen molar-refractivity contribution in [1.29, 1.82) is 0 Å². The van der Waals surface area contributed by atoms with Crippen molar-refractivity contribution in [3.05, 3.63) is 59.7 Å². The molecule has 2 aromatic carbocycles. The van der Waals surface area contributed by atoms with Crippen LogP contribution in [0.15, 0.2) is 48.5 Å². The molecule has 0 spiro atoms. The molecular weight excluding hydrogens is 412 g/mol. The van der Waals surface area contributed by atoms with Gasteiger partial charge in [0.1, 0.15) is 0 Å². The molecule has 0 N–H and O–H groups in total. The molecule has 1 saturated heterocycles. The van der Waals surface area contributed by atoms with Crippen molar-refractivity contribution in [2.24, 2.45) is 11.8 Å². The number of unbranched alkanes of at least 4 members (excludes halogenated alkanes) is 4. The van der Waals surface area contributed by atoms with Crippen LogP contribution in [0.1, 0.15) is 127 Å². The van der Waals surface area contributed by atoms with Crippen LogP contribution in [-0.2, 0) is 4.74 Å². The second kappa shape index (κ2) is 13.5. The average Bonchev–Trinajstić information content (AvgIpc) is 2.91. The molecule has 1 aliphatic heterocycles. The maximum Gasteiger partial charge on any atom is 0.0825 e. The highest BCUT2D eigenvalue weighted by atomic mass is 16.5. The molecule has 1 nitrogen and oxygen atoms in total. The Balaban J connectivity index is 1.25. The zero-order chi connectivity index (χ0) is 23.6. The Morgan fingerprint density at radius 3 is 1.76 bits per heavy atom. The van der Waals surface area contributed by atoms with Crippen molar-refractivity contribution in [3.8, 4) is 11.1 Å². The summed E-state index contributed by atoms with van der Waals surface area (Å²) in [6, 6.07) is 18.7. The van der Waals surface area contributed by atoms with Crippen molar-refractivity contribution in [1.82, 2.24) is 0 Å². The van der Waals surface area contributed by atoms with Crippen molar-refractivity contribution in [2.75, 3.05) is 6.61 Å². The molecule has 4 rings (SSSR count). The molecule has 0 aromatic heterocycles. The van der Waals surface area contributed by atoms with Crippen LogP contribution in [0.2, 0.25) is 0 Å². The third kappa shape index (κ3) is 7.20. The molecule has 1 saturated carbocycles. The number of ether oxygens (including phenoxy) is 1. The van der Waals surface area contributed by atoms with Gasteiger partial charge in [0.2, 0.25) is 0 Å². The first-order chi connectivity index (χ1) is 16.8. The summed E-state index contributed by atoms with van der Waals surface area (Å²) in [7, 11) is 0. The van der Waals surface area contributed by atoms with Crippen LogP contribution in [-0.4, -0.2) is 6.61 Å². The molecular formula is C33H48O. The van der Waals surface area contributed by atoms with Crippen LogP contribution in [0.5, 0.6) is 0 Å². The normalized spacial score (nSPS) is 25.4. The van der Waals surface area contributed by atoms with Gasteiger partial charge >= 0.3 is 0 Å². The van der Waals surface area contributed by atoms with Crippen molar-refractivity contribution in [2.45, 2.75) is 116 Å². The lowest BCUT2D eigenvalue weighted by atomic mass is 9.77.